The zero-order valence-corrected chi connectivity index (χ0v) is 12.7. The Kier molecular flexibility index (Phi) is 7.95. The lowest BCUT2D eigenvalue weighted by atomic mass is 10.00. The molecular formula is C12H20N2O4S2. The first-order valence-electron chi connectivity index (χ1n) is 5.72. The van der Waals surface area contributed by atoms with Gasteiger partial charge in [0.2, 0.25) is 0 Å². The summed E-state index contributed by atoms with van der Waals surface area (Å²) >= 11 is 0. The van der Waals surface area contributed by atoms with Gasteiger partial charge in [0.1, 0.15) is 11.1 Å². The maximum Gasteiger partial charge on any atom is 0.324 e. The molecule has 0 bridgehead atoms. The highest BCUT2D eigenvalue weighted by atomic mass is 33.1. The molecule has 1 unspecified atom stereocenters. The molecule has 8 heteroatoms. The van der Waals surface area contributed by atoms with E-state index in [1.54, 1.807) is 0 Å². The largest absolute Gasteiger partial charge is 0.480 e. The lowest BCUT2D eigenvalue weighted by molar-refractivity contribution is -0.143. The molecule has 20 heavy (non-hydrogen) atoms. The highest BCUT2D eigenvalue weighted by molar-refractivity contribution is 8.76. The third-order valence-corrected chi connectivity index (χ3v) is 5.23. The molecule has 0 saturated heterocycles. The Morgan fingerprint density at radius 3 is 1.45 bits per heavy atom. The molecule has 0 aromatic carbocycles. The van der Waals surface area contributed by atoms with Gasteiger partial charge in [0.05, 0.1) is 0 Å². The lowest BCUT2D eigenvalue weighted by Gasteiger charge is -2.25. The van der Waals surface area contributed by atoms with Crippen molar-refractivity contribution in [3.05, 3.63) is 25.3 Å². The van der Waals surface area contributed by atoms with Gasteiger partial charge in [0, 0.05) is 11.5 Å². The molecule has 0 fully saturated rings. The molecule has 0 saturated carbocycles. The van der Waals surface area contributed by atoms with Gasteiger partial charge in [-0.05, 0) is 12.8 Å². The van der Waals surface area contributed by atoms with Crippen LogP contribution in [0.2, 0.25) is 0 Å². The van der Waals surface area contributed by atoms with Crippen LogP contribution >= 0.6 is 21.6 Å². The fraction of sp³-hybridized carbons (Fsp3) is 0.500. The van der Waals surface area contributed by atoms with Crippen LogP contribution < -0.4 is 11.5 Å². The van der Waals surface area contributed by atoms with Gasteiger partial charge in [-0.3, -0.25) is 9.59 Å². The third kappa shape index (κ3) is 5.58. The summed E-state index contributed by atoms with van der Waals surface area (Å²) in [5.41, 5.74) is 8.69. The van der Waals surface area contributed by atoms with Crippen molar-refractivity contribution in [1.29, 1.82) is 0 Å². The predicted octanol–water partition coefficient (Wildman–Crippen LogP) is 1.08. The standard InChI is InChI=1S/C12H20N2O4S2/c1-3-5-11(13,9(15)16)7-19-20-8-12(14,6-4-2)10(17)18/h3-4H,1-2,5-8,13-14H2,(H,15,16)(H,17,18)/t11-,12?/m0/s1. The Labute approximate surface area is 126 Å². The minimum absolute atomic E-state index is 0.128. The molecule has 0 rings (SSSR count). The van der Waals surface area contributed by atoms with E-state index in [4.69, 9.17) is 21.7 Å². The summed E-state index contributed by atoms with van der Waals surface area (Å²) in [5, 5.41) is 18.1. The summed E-state index contributed by atoms with van der Waals surface area (Å²) in [6, 6.07) is 0. The second-order valence-electron chi connectivity index (χ2n) is 4.43. The van der Waals surface area contributed by atoms with Gasteiger partial charge < -0.3 is 21.7 Å². The number of nitrogens with two attached hydrogens (primary N) is 2. The minimum Gasteiger partial charge on any atom is -0.480 e. The Hall–Kier alpha value is -0.960. The van der Waals surface area contributed by atoms with Crippen LogP contribution in [0.25, 0.3) is 0 Å². The highest BCUT2D eigenvalue weighted by Crippen LogP contribution is 2.30. The van der Waals surface area contributed by atoms with Crippen LogP contribution in [0.5, 0.6) is 0 Å². The molecule has 0 aromatic heterocycles. The number of rotatable bonds is 11. The molecule has 0 heterocycles. The van der Waals surface area contributed by atoms with Gasteiger partial charge in [-0.25, -0.2) is 0 Å². The van der Waals surface area contributed by atoms with Crippen LogP contribution in [0.1, 0.15) is 12.8 Å². The molecule has 114 valence electrons. The number of hydrogen-bond donors (Lipinski definition) is 4. The van der Waals surface area contributed by atoms with Gasteiger partial charge >= 0.3 is 11.9 Å². The van der Waals surface area contributed by atoms with Crippen LogP contribution in [0.3, 0.4) is 0 Å². The first-order chi connectivity index (χ1) is 9.22. The van der Waals surface area contributed by atoms with Gasteiger partial charge in [0.25, 0.3) is 0 Å². The van der Waals surface area contributed by atoms with E-state index in [1.165, 1.54) is 33.7 Å². The maximum absolute atomic E-state index is 11.1. The SMILES string of the molecule is C=CCC(N)(CSSC[C@@](N)(CC=C)C(=O)O)C(=O)O. The van der Waals surface area contributed by atoms with Crippen LogP contribution in [0, 0.1) is 0 Å². The second-order valence-corrected chi connectivity index (χ2v) is 6.90. The van der Waals surface area contributed by atoms with Gasteiger partial charge in [-0.15, -0.1) is 13.2 Å². The van der Waals surface area contributed by atoms with E-state index in [0.29, 0.717) is 0 Å². The fourth-order valence-electron chi connectivity index (χ4n) is 1.22. The molecule has 0 spiro atoms. The quantitative estimate of drug-likeness (QED) is 0.253. The van der Waals surface area contributed by atoms with Crippen LogP contribution in [-0.2, 0) is 9.59 Å². The summed E-state index contributed by atoms with van der Waals surface area (Å²) in [6.07, 6.45) is 3.16. The Morgan fingerprint density at radius 1 is 0.950 bits per heavy atom. The Morgan fingerprint density at radius 2 is 1.25 bits per heavy atom. The van der Waals surface area contributed by atoms with Crippen molar-refractivity contribution in [2.45, 2.75) is 23.9 Å². The van der Waals surface area contributed by atoms with Crippen LogP contribution in [0.15, 0.2) is 25.3 Å². The molecule has 6 nitrogen and oxygen atoms in total. The summed E-state index contributed by atoms with van der Waals surface area (Å²) in [4.78, 5) is 22.2. The van der Waals surface area contributed by atoms with E-state index in [2.05, 4.69) is 13.2 Å². The van der Waals surface area contributed by atoms with Gasteiger partial charge in [-0.2, -0.15) is 0 Å². The molecule has 0 aliphatic rings. The Bertz CT molecular complexity index is 356. The number of hydrogen-bond acceptors (Lipinski definition) is 6. The molecule has 2 atom stereocenters. The normalized spacial score (nSPS) is 16.7. The van der Waals surface area contributed by atoms with Crippen LogP contribution in [0.4, 0.5) is 0 Å². The van der Waals surface area contributed by atoms with Crippen molar-refractivity contribution in [3.8, 4) is 0 Å². The van der Waals surface area contributed by atoms with Crippen molar-refractivity contribution in [3.63, 3.8) is 0 Å². The molecule has 0 aromatic rings. The summed E-state index contributed by atoms with van der Waals surface area (Å²) in [6.45, 7) is 6.95. The monoisotopic (exact) mass is 320 g/mol. The average molecular weight is 320 g/mol. The van der Waals surface area contributed by atoms with Crippen molar-refractivity contribution in [2.24, 2.45) is 11.5 Å². The second kappa shape index (κ2) is 8.35. The van der Waals surface area contributed by atoms with E-state index >= 15 is 0 Å². The third-order valence-electron chi connectivity index (χ3n) is 2.59. The minimum atomic E-state index is -1.40. The van der Waals surface area contributed by atoms with E-state index in [0.717, 1.165) is 0 Å². The van der Waals surface area contributed by atoms with Crippen molar-refractivity contribution in [1.82, 2.24) is 0 Å². The number of carboxylic acids is 2. The zero-order valence-electron chi connectivity index (χ0n) is 11.1. The van der Waals surface area contributed by atoms with Crippen molar-refractivity contribution in [2.75, 3.05) is 11.5 Å². The smallest absolute Gasteiger partial charge is 0.324 e. The number of carbonyl (C=O) groups is 2. The van der Waals surface area contributed by atoms with Crippen LogP contribution in [-0.4, -0.2) is 44.7 Å². The number of aliphatic carboxylic acids is 2. The first-order valence-corrected chi connectivity index (χ1v) is 8.21. The van der Waals surface area contributed by atoms with Gasteiger partial charge in [0.15, 0.2) is 0 Å². The molecule has 6 N–H and O–H groups in total. The molecule has 0 aliphatic heterocycles. The summed E-state index contributed by atoms with van der Waals surface area (Å²) in [5.74, 6) is -1.98. The zero-order chi connectivity index (χ0) is 15.8. The maximum atomic E-state index is 11.1. The van der Waals surface area contributed by atoms with Crippen molar-refractivity contribution < 1.29 is 19.8 Å². The van der Waals surface area contributed by atoms with Crippen molar-refractivity contribution >= 4 is 33.5 Å². The van der Waals surface area contributed by atoms with E-state index in [-0.39, 0.29) is 24.3 Å². The van der Waals surface area contributed by atoms with E-state index in [1.807, 2.05) is 0 Å². The predicted molar refractivity (Wildman–Crippen MR) is 83.7 cm³/mol. The Balaban J connectivity index is 4.42. The lowest BCUT2D eigenvalue weighted by Crippen LogP contribution is -2.50. The fourth-order valence-corrected chi connectivity index (χ4v) is 4.06. The van der Waals surface area contributed by atoms with E-state index < -0.39 is 23.0 Å². The topological polar surface area (TPSA) is 127 Å². The van der Waals surface area contributed by atoms with E-state index in [9.17, 15) is 9.59 Å². The summed E-state index contributed by atoms with van der Waals surface area (Å²) < 4.78 is 0. The van der Waals surface area contributed by atoms with Gasteiger partial charge in [-0.1, -0.05) is 33.7 Å². The molecule has 0 radical (unpaired) electrons. The highest BCUT2D eigenvalue weighted by Gasteiger charge is 2.35. The average Bonchev–Trinajstić information content (AvgIpc) is 2.35. The summed E-state index contributed by atoms with van der Waals surface area (Å²) in [7, 11) is 2.37. The molecule has 0 amide bonds. The molecular weight excluding hydrogens is 300 g/mol. The first kappa shape index (κ1) is 19.0. The molecule has 0 aliphatic carbocycles. The number of carboxylic acid groups (broad SMARTS) is 2.